The number of benzene rings is 1. The van der Waals surface area contributed by atoms with Crippen molar-refractivity contribution < 1.29 is 4.79 Å². The second kappa shape index (κ2) is 5.02. The van der Waals surface area contributed by atoms with Crippen LogP contribution in [0.4, 0.5) is 10.5 Å². The highest BCUT2D eigenvalue weighted by Gasteiger charge is 2.42. The van der Waals surface area contributed by atoms with Gasteiger partial charge in [0.15, 0.2) is 0 Å². The molecule has 2 fully saturated rings. The number of nitrogens with one attached hydrogen (secondary N) is 1. The minimum absolute atomic E-state index is 0.0262. The average Bonchev–Trinajstić information content (AvgIpc) is 2.62. The van der Waals surface area contributed by atoms with Gasteiger partial charge in [0.1, 0.15) is 0 Å². The third kappa shape index (κ3) is 2.55. The molecule has 102 valence electrons. The Balaban J connectivity index is 1.71. The van der Waals surface area contributed by atoms with Gasteiger partial charge in [-0.25, -0.2) is 4.79 Å². The number of carbonyl (C=O) groups excluding carboxylic acids is 1. The van der Waals surface area contributed by atoms with Gasteiger partial charge in [0.25, 0.3) is 0 Å². The molecule has 0 aromatic heterocycles. The van der Waals surface area contributed by atoms with Crippen LogP contribution in [0.15, 0.2) is 24.3 Å². The van der Waals surface area contributed by atoms with E-state index >= 15 is 0 Å². The Morgan fingerprint density at radius 1 is 1.32 bits per heavy atom. The van der Waals surface area contributed by atoms with Crippen molar-refractivity contribution in [1.82, 2.24) is 4.90 Å². The fourth-order valence-corrected chi connectivity index (χ4v) is 3.50. The van der Waals surface area contributed by atoms with E-state index in [-0.39, 0.29) is 12.1 Å². The van der Waals surface area contributed by atoms with Crippen molar-refractivity contribution in [2.45, 2.75) is 43.8 Å². The molecule has 4 nitrogen and oxygen atoms in total. The molecule has 0 aliphatic carbocycles. The summed E-state index contributed by atoms with van der Waals surface area (Å²) in [5.41, 5.74) is 6.76. The second-order valence-electron chi connectivity index (χ2n) is 5.46. The van der Waals surface area contributed by atoms with E-state index in [4.69, 9.17) is 17.3 Å². The first-order chi connectivity index (χ1) is 9.13. The van der Waals surface area contributed by atoms with E-state index in [2.05, 4.69) is 5.32 Å². The average molecular weight is 280 g/mol. The first-order valence-corrected chi connectivity index (χ1v) is 7.12. The van der Waals surface area contributed by atoms with Gasteiger partial charge in [-0.05, 0) is 43.9 Å². The first-order valence-electron chi connectivity index (χ1n) is 6.74. The zero-order valence-electron chi connectivity index (χ0n) is 10.7. The molecule has 2 aliphatic heterocycles. The van der Waals surface area contributed by atoms with Gasteiger partial charge in [-0.2, -0.15) is 0 Å². The third-order valence-electron chi connectivity index (χ3n) is 4.08. The van der Waals surface area contributed by atoms with E-state index in [0.717, 1.165) is 31.4 Å². The summed E-state index contributed by atoms with van der Waals surface area (Å²) in [6.07, 6.45) is 3.97. The maximum Gasteiger partial charge on any atom is 0.322 e. The predicted octanol–water partition coefficient (Wildman–Crippen LogP) is 2.83. The molecule has 0 spiro atoms. The van der Waals surface area contributed by atoms with Crippen molar-refractivity contribution in [1.29, 1.82) is 0 Å². The maximum atomic E-state index is 12.4. The zero-order chi connectivity index (χ0) is 13.4. The molecule has 19 heavy (non-hydrogen) atoms. The number of fused-ring (bicyclic) bond motifs is 2. The molecule has 5 heteroatoms. The molecule has 2 saturated heterocycles. The molecule has 2 unspecified atom stereocenters. The molecule has 2 bridgehead atoms. The number of hydrogen-bond acceptors (Lipinski definition) is 2. The summed E-state index contributed by atoms with van der Waals surface area (Å²) in [7, 11) is 0. The Hall–Kier alpha value is -1.26. The Morgan fingerprint density at radius 3 is 2.63 bits per heavy atom. The van der Waals surface area contributed by atoms with E-state index in [1.165, 1.54) is 0 Å². The second-order valence-corrected chi connectivity index (χ2v) is 5.90. The van der Waals surface area contributed by atoms with Gasteiger partial charge in [0.2, 0.25) is 0 Å². The van der Waals surface area contributed by atoms with Crippen LogP contribution in [-0.2, 0) is 0 Å². The number of nitrogens with two attached hydrogens (primary N) is 1. The zero-order valence-corrected chi connectivity index (χ0v) is 11.4. The lowest BCUT2D eigenvalue weighted by molar-refractivity contribution is 0.150. The third-order valence-corrected chi connectivity index (χ3v) is 4.32. The van der Waals surface area contributed by atoms with Gasteiger partial charge in [0.05, 0.1) is 0 Å². The predicted molar refractivity (Wildman–Crippen MR) is 76.3 cm³/mol. The molecule has 2 amide bonds. The number of urea groups is 1. The van der Waals surface area contributed by atoms with E-state index in [1.807, 2.05) is 17.0 Å². The van der Waals surface area contributed by atoms with Gasteiger partial charge < -0.3 is 16.0 Å². The SMILES string of the molecule is NC1CC2CCC(C1)N2C(=O)Nc1cccc(Cl)c1. The lowest BCUT2D eigenvalue weighted by Crippen LogP contribution is -2.51. The molecule has 2 atom stereocenters. The van der Waals surface area contributed by atoms with Crippen molar-refractivity contribution in [3.63, 3.8) is 0 Å². The summed E-state index contributed by atoms with van der Waals surface area (Å²) in [5.74, 6) is 0. The van der Waals surface area contributed by atoms with Crippen molar-refractivity contribution in [2.24, 2.45) is 5.73 Å². The fourth-order valence-electron chi connectivity index (χ4n) is 3.30. The van der Waals surface area contributed by atoms with Crippen molar-refractivity contribution in [3.8, 4) is 0 Å². The minimum Gasteiger partial charge on any atom is -0.328 e. The monoisotopic (exact) mass is 279 g/mol. The van der Waals surface area contributed by atoms with Gasteiger partial charge in [-0.15, -0.1) is 0 Å². The Labute approximate surface area is 117 Å². The van der Waals surface area contributed by atoms with E-state index in [1.54, 1.807) is 12.1 Å². The summed E-state index contributed by atoms with van der Waals surface area (Å²) in [4.78, 5) is 14.4. The van der Waals surface area contributed by atoms with Gasteiger partial charge in [-0.1, -0.05) is 17.7 Å². The summed E-state index contributed by atoms with van der Waals surface area (Å²) in [6, 6.07) is 8.05. The van der Waals surface area contributed by atoms with Crippen LogP contribution in [0.1, 0.15) is 25.7 Å². The highest BCUT2D eigenvalue weighted by atomic mass is 35.5. The van der Waals surface area contributed by atoms with Gasteiger partial charge >= 0.3 is 6.03 Å². The van der Waals surface area contributed by atoms with E-state index < -0.39 is 0 Å². The number of amides is 2. The Kier molecular flexibility index (Phi) is 3.37. The molecule has 3 N–H and O–H groups in total. The lowest BCUT2D eigenvalue weighted by atomic mass is 9.99. The molecule has 0 saturated carbocycles. The largest absolute Gasteiger partial charge is 0.328 e. The molecular weight excluding hydrogens is 262 g/mol. The summed E-state index contributed by atoms with van der Waals surface area (Å²) in [6.45, 7) is 0. The highest BCUT2D eigenvalue weighted by Crippen LogP contribution is 2.35. The van der Waals surface area contributed by atoms with E-state index in [9.17, 15) is 4.79 Å². The molecular formula is C14H18ClN3O. The maximum absolute atomic E-state index is 12.4. The molecule has 2 heterocycles. The van der Waals surface area contributed by atoms with Gasteiger partial charge in [-0.3, -0.25) is 0 Å². The Bertz CT molecular complexity index is 479. The normalized spacial score (nSPS) is 29.4. The molecule has 1 aromatic rings. The standard InChI is InChI=1S/C14H18ClN3O/c15-9-2-1-3-11(6-9)17-14(19)18-12-4-5-13(18)8-10(16)7-12/h1-3,6,10,12-13H,4-5,7-8,16H2,(H,17,19). The van der Waals surface area contributed by atoms with Crippen LogP contribution in [0.2, 0.25) is 5.02 Å². The highest BCUT2D eigenvalue weighted by molar-refractivity contribution is 6.30. The van der Waals surface area contributed by atoms with Crippen LogP contribution in [-0.4, -0.2) is 29.1 Å². The Morgan fingerprint density at radius 2 is 2.00 bits per heavy atom. The number of carbonyl (C=O) groups is 1. The lowest BCUT2D eigenvalue weighted by Gasteiger charge is -2.37. The smallest absolute Gasteiger partial charge is 0.322 e. The molecule has 2 aliphatic rings. The van der Waals surface area contributed by atoms with Crippen molar-refractivity contribution >= 4 is 23.3 Å². The number of rotatable bonds is 1. The quantitative estimate of drug-likeness (QED) is 0.830. The van der Waals surface area contributed by atoms with Crippen LogP contribution in [0.25, 0.3) is 0 Å². The molecule has 1 aromatic carbocycles. The minimum atomic E-state index is -0.0262. The number of nitrogens with zero attached hydrogens (tertiary/aromatic N) is 1. The summed E-state index contributed by atoms with van der Waals surface area (Å²) in [5, 5.41) is 3.56. The van der Waals surface area contributed by atoms with Crippen LogP contribution in [0, 0.1) is 0 Å². The number of piperidine rings is 1. The van der Waals surface area contributed by atoms with Crippen LogP contribution >= 0.6 is 11.6 Å². The van der Waals surface area contributed by atoms with Crippen molar-refractivity contribution in [2.75, 3.05) is 5.32 Å². The van der Waals surface area contributed by atoms with Crippen LogP contribution < -0.4 is 11.1 Å². The summed E-state index contributed by atoms with van der Waals surface area (Å²) >= 11 is 5.92. The van der Waals surface area contributed by atoms with Crippen LogP contribution in [0.5, 0.6) is 0 Å². The molecule has 0 radical (unpaired) electrons. The topological polar surface area (TPSA) is 58.4 Å². The van der Waals surface area contributed by atoms with E-state index in [0.29, 0.717) is 17.1 Å². The number of hydrogen-bond donors (Lipinski definition) is 2. The molecule has 3 rings (SSSR count). The summed E-state index contributed by atoms with van der Waals surface area (Å²) < 4.78 is 0. The number of anilines is 1. The fraction of sp³-hybridized carbons (Fsp3) is 0.500. The van der Waals surface area contributed by atoms with Crippen LogP contribution in [0.3, 0.4) is 0 Å². The van der Waals surface area contributed by atoms with Crippen molar-refractivity contribution in [3.05, 3.63) is 29.3 Å². The first kappa shape index (κ1) is 12.8. The van der Waals surface area contributed by atoms with Gasteiger partial charge in [0, 0.05) is 28.8 Å². The number of halogens is 1.